The number of nitrogens with zero attached hydrogens (tertiary/aromatic N) is 1. The van der Waals surface area contributed by atoms with Gasteiger partial charge in [0.2, 0.25) is 0 Å². The molecule has 1 saturated heterocycles. The van der Waals surface area contributed by atoms with E-state index in [-0.39, 0.29) is 6.04 Å². The van der Waals surface area contributed by atoms with E-state index in [2.05, 4.69) is 10.0 Å². The molecule has 1 aliphatic heterocycles. The molecule has 0 atom stereocenters. The highest BCUT2D eigenvalue weighted by Crippen LogP contribution is 2.22. The summed E-state index contributed by atoms with van der Waals surface area (Å²) in [5.74, 6) is 0.635. The van der Waals surface area contributed by atoms with Crippen LogP contribution in [-0.2, 0) is 10.2 Å². The van der Waals surface area contributed by atoms with Gasteiger partial charge < -0.3 is 5.32 Å². The molecule has 0 unspecified atom stereocenters. The Morgan fingerprint density at radius 2 is 1.78 bits per heavy atom. The summed E-state index contributed by atoms with van der Waals surface area (Å²) in [6.07, 6.45) is 4.56. The van der Waals surface area contributed by atoms with Crippen molar-refractivity contribution in [2.75, 3.05) is 19.6 Å². The van der Waals surface area contributed by atoms with Gasteiger partial charge in [-0.15, -0.1) is 0 Å². The lowest BCUT2D eigenvalue weighted by atomic mass is 9.98. The first kappa shape index (κ1) is 14.2. The summed E-state index contributed by atoms with van der Waals surface area (Å²) in [6, 6.07) is 0.707. The largest absolute Gasteiger partial charge is 0.314 e. The molecular weight excluding hydrogens is 250 g/mol. The average molecular weight is 275 g/mol. The van der Waals surface area contributed by atoms with E-state index in [0.29, 0.717) is 19.0 Å². The molecule has 0 bridgehead atoms. The summed E-state index contributed by atoms with van der Waals surface area (Å²) in [4.78, 5) is 0. The predicted octanol–water partition coefficient (Wildman–Crippen LogP) is 0.693. The van der Waals surface area contributed by atoms with E-state index in [1.807, 2.05) is 13.8 Å². The van der Waals surface area contributed by atoms with Crippen LogP contribution in [0.2, 0.25) is 0 Å². The molecule has 2 rings (SSSR count). The zero-order valence-electron chi connectivity index (χ0n) is 11.4. The van der Waals surface area contributed by atoms with Crippen molar-refractivity contribution in [1.29, 1.82) is 0 Å². The third kappa shape index (κ3) is 4.19. The summed E-state index contributed by atoms with van der Waals surface area (Å²) in [7, 11) is -3.26. The SMILES string of the molecule is CC(C)NS(=O)(=O)N1CCC(CNC2CC2)CC1. The van der Waals surface area contributed by atoms with Crippen LogP contribution in [0, 0.1) is 5.92 Å². The molecule has 2 N–H and O–H groups in total. The molecule has 5 nitrogen and oxygen atoms in total. The van der Waals surface area contributed by atoms with Crippen LogP contribution in [-0.4, -0.2) is 44.4 Å². The lowest BCUT2D eigenvalue weighted by molar-refractivity contribution is 0.264. The summed E-state index contributed by atoms with van der Waals surface area (Å²) in [6.45, 7) is 6.06. The highest BCUT2D eigenvalue weighted by Gasteiger charge is 2.29. The molecule has 0 radical (unpaired) electrons. The standard InChI is InChI=1S/C12H25N3O2S/c1-10(2)14-18(16,17)15-7-5-11(6-8-15)9-13-12-3-4-12/h10-14H,3-9H2,1-2H3. The monoisotopic (exact) mass is 275 g/mol. The van der Waals surface area contributed by atoms with Crippen LogP contribution in [0.1, 0.15) is 39.5 Å². The van der Waals surface area contributed by atoms with Crippen molar-refractivity contribution >= 4 is 10.2 Å². The van der Waals surface area contributed by atoms with Gasteiger partial charge in [0.25, 0.3) is 10.2 Å². The maximum atomic E-state index is 12.0. The Kier molecular flexibility index (Phi) is 4.64. The first-order chi connectivity index (χ1) is 8.47. The predicted molar refractivity (Wildman–Crippen MR) is 72.5 cm³/mol. The normalized spacial score (nSPS) is 23.7. The van der Waals surface area contributed by atoms with E-state index in [9.17, 15) is 8.42 Å². The van der Waals surface area contributed by atoms with Crippen LogP contribution in [0.15, 0.2) is 0 Å². The Hall–Kier alpha value is -0.170. The minimum absolute atomic E-state index is 0.0377. The van der Waals surface area contributed by atoms with Crippen molar-refractivity contribution in [2.45, 2.75) is 51.6 Å². The second-order valence-corrected chi connectivity index (χ2v) is 7.50. The van der Waals surface area contributed by atoms with Crippen molar-refractivity contribution in [3.63, 3.8) is 0 Å². The van der Waals surface area contributed by atoms with Crippen LogP contribution in [0.5, 0.6) is 0 Å². The smallest absolute Gasteiger partial charge is 0.279 e. The topological polar surface area (TPSA) is 61.4 Å². The van der Waals surface area contributed by atoms with Crippen molar-refractivity contribution in [1.82, 2.24) is 14.3 Å². The Balaban J connectivity index is 1.74. The molecular formula is C12H25N3O2S. The Labute approximate surface area is 110 Å². The number of rotatable bonds is 6. The number of hydrogen-bond acceptors (Lipinski definition) is 3. The summed E-state index contributed by atoms with van der Waals surface area (Å²) in [5, 5.41) is 3.53. The van der Waals surface area contributed by atoms with Gasteiger partial charge in [-0.3, -0.25) is 0 Å². The highest BCUT2D eigenvalue weighted by molar-refractivity contribution is 7.87. The fraction of sp³-hybridized carbons (Fsp3) is 1.00. The van der Waals surface area contributed by atoms with Gasteiger partial charge in [-0.05, 0) is 52.0 Å². The Bertz CT molecular complexity index is 358. The van der Waals surface area contributed by atoms with Crippen molar-refractivity contribution in [3.8, 4) is 0 Å². The fourth-order valence-electron chi connectivity index (χ4n) is 2.35. The van der Waals surface area contributed by atoms with Crippen LogP contribution < -0.4 is 10.0 Å². The van der Waals surface area contributed by atoms with E-state index in [4.69, 9.17) is 0 Å². The molecule has 0 amide bonds. The second kappa shape index (κ2) is 5.86. The minimum atomic E-state index is -3.26. The average Bonchev–Trinajstić information content (AvgIpc) is 3.09. The molecule has 106 valence electrons. The van der Waals surface area contributed by atoms with Gasteiger partial charge in [0, 0.05) is 25.2 Å². The molecule has 0 spiro atoms. The zero-order chi connectivity index (χ0) is 13.2. The van der Waals surface area contributed by atoms with Crippen LogP contribution >= 0.6 is 0 Å². The molecule has 0 aromatic rings. The molecule has 1 saturated carbocycles. The number of hydrogen-bond donors (Lipinski definition) is 2. The molecule has 0 aromatic carbocycles. The molecule has 2 fully saturated rings. The van der Waals surface area contributed by atoms with Crippen LogP contribution in [0.3, 0.4) is 0 Å². The minimum Gasteiger partial charge on any atom is -0.314 e. The molecule has 0 aromatic heterocycles. The van der Waals surface area contributed by atoms with E-state index in [0.717, 1.165) is 25.4 Å². The molecule has 2 aliphatic rings. The number of piperidine rings is 1. The highest BCUT2D eigenvalue weighted by atomic mass is 32.2. The van der Waals surface area contributed by atoms with Gasteiger partial charge in [0.05, 0.1) is 0 Å². The Morgan fingerprint density at radius 1 is 1.17 bits per heavy atom. The third-order valence-electron chi connectivity index (χ3n) is 3.57. The van der Waals surface area contributed by atoms with Gasteiger partial charge in [0.1, 0.15) is 0 Å². The zero-order valence-corrected chi connectivity index (χ0v) is 12.2. The molecule has 18 heavy (non-hydrogen) atoms. The quantitative estimate of drug-likeness (QED) is 0.750. The van der Waals surface area contributed by atoms with Gasteiger partial charge in [-0.25, -0.2) is 0 Å². The summed E-state index contributed by atoms with van der Waals surface area (Å²) < 4.78 is 28.2. The third-order valence-corrected chi connectivity index (χ3v) is 5.38. The lowest BCUT2D eigenvalue weighted by Gasteiger charge is -2.31. The van der Waals surface area contributed by atoms with E-state index in [1.54, 1.807) is 4.31 Å². The van der Waals surface area contributed by atoms with Crippen molar-refractivity contribution < 1.29 is 8.42 Å². The van der Waals surface area contributed by atoms with Gasteiger partial charge in [-0.2, -0.15) is 17.4 Å². The molecule has 1 heterocycles. The van der Waals surface area contributed by atoms with Crippen LogP contribution in [0.4, 0.5) is 0 Å². The summed E-state index contributed by atoms with van der Waals surface area (Å²) >= 11 is 0. The first-order valence-electron chi connectivity index (χ1n) is 6.98. The van der Waals surface area contributed by atoms with E-state index >= 15 is 0 Å². The van der Waals surface area contributed by atoms with Gasteiger partial charge in [-0.1, -0.05) is 0 Å². The molecule has 1 aliphatic carbocycles. The van der Waals surface area contributed by atoms with Gasteiger partial charge >= 0.3 is 0 Å². The Morgan fingerprint density at radius 3 is 2.28 bits per heavy atom. The first-order valence-corrected chi connectivity index (χ1v) is 8.42. The van der Waals surface area contributed by atoms with Crippen LogP contribution in [0.25, 0.3) is 0 Å². The van der Waals surface area contributed by atoms with Crippen molar-refractivity contribution in [3.05, 3.63) is 0 Å². The number of nitrogens with one attached hydrogen (secondary N) is 2. The summed E-state index contributed by atoms with van der Waals surface area (Å²) in [5.41, 5.74) is 0. The molecule has 6 heteroatoms. The van der Waals surface area contributed by atoms with Crippen molar-refractivity contribution in [2.24, 2.45) is 5.92 Å². The van der Waals surface area contributed by atoms with Gasteiger partial charge in [0.15, 0.2) is 0 Å². The maximum Gasteiger partial charge on any atom is 0.279 e. The lowest BCUT2D eigenvalue weighted by Crippen LogP contribution is -2.47. The second-order valence-electron chi connectivity index (χ2n) is 5.80. The van der Waals surface area contributed by atoms with E-state index < -0.39 is 10.2 Å². The fourth-order valence-corrected chi connectivity index (χ4v) is 3.78. The van der Waals surface area contributed by atoms with E-state index in [1.165, 1.54) is 12.8 Å². The maximum absolute atomic E-state index is 12.0.